The third-order valence-electron chi connectivity index (χ3n) is 4.30. The molecule has 2 aromatic carbocycles. The average Bonchev–Trinajstić information content (AvgIpc) is 2.98. The second kappa shape index (κ2) is 10.5. The largest absolute Gasteiger partial charge is 0.490 e. The van der Waals surface area contributed by atoms with Crippen LogP contribution in [0.4, 0.5) is 0 Å². The van der Waals surface area contributed by atoms with Crippen molar-refractivity contribution < 1.29 is 19.1 Å². The molecule has 1 fully saturated rings. The zero-order chi connectivity index (χ0) is 23.4. The maximum atomic E-state index is 12.9. The minimum Gasteiger partial charge on any atom is -0.490 e. The second-order valence-corrected chi connectivity index (χ2v) is 9.78. The Hall–Kier alpha value is -2.36. The Kier molecular flexibility index (Phi) is 7.97. The van der Waals surface area contributed by atoms with Crippen LogP contribution in [0, 0.1) is 6.92 Å². The van der Waals surface area contributed by atoms with E-state index in [0.717, 1.165) is 27.9 Å². The summed E-state index contributed by atoms with van der Waals surface area (Å²) in [5, 5.41) is 1.10. The van der Waals surface area contributed by atoms with Gasteiger partial charge in [-0.15, -0.1) is 0 Å². The first-order chi connectivity index (χ1) is 15.2. The molecule has 6 nitrogen and oxygen atoms in total. The molecule has 1 N–H and O–H groups in total. The quantitative estimate of drug-likeness (QED) is 0.374. The zero-order valence-electron chi connectivity index (χ0n) is 18.1. The van der Waals surface area contributed by atoms with E-state index in [1.165, 1.54) is 0 Å². The van der Waals surface area contributed by atoms with E-state index in [4.69, 9.17) is 21.7 Å². The van der Waals surface area contributed by atoms with E-state index in [0.29, 0.717) is 33.0 Å². The predicted octanol–water partition coefficient (Wildman–Crippen LogP) is 5.49. The number of amides is 2. The highest BCUT2D eigenvalue weighted by molar-refractivity contribution is 9.10. The minimum absolute atomic E-state index is 0.0234. The lowest BCUT2D eigenvalue weighted by Crippen LogP contribution is -2.44. The number of carbonyl (C=O) groups is 2. The van der Waals surface area contributed by atoms with Crippen LogP contribution < -0.4 is 14.9 Å². The molecule has 1 heterocycles. The van der Waals surface area contributed by atoms with Gasteiger partial charge in [-0.2, -0.15) is 5.01 Å². The molecule has 0 unspecified atom stereocenters. The zero-order valence-corrected chi connectivity index (χ0v) is 21.3. The van der Waals surface area contributed by atoms with Crippen LogP contribution in [0.5, 0.6) is 11.5 Å². The fourth-order valence-electron chi connectivity index (χ4n) is 2.87. The first kappa shape index (κ1) is 24.3. The molecular weight excluding hydrogens is 512 g/mol. The van der Waals surface area contributed by atoms with Gasteiger partial charge in [-0.25, -0.2) is 0 Å². The summed E-state index contributed by atoms with van der Waals surface area (Å²) < 4.78 is 12.6. The van der Waals surface area contributed by atoms with Crippen molar-refractivity contribution in [2.75, 3.05) is 6.61 Å². The number of thiocarbonyl (C=S) groups is 1. The molecule has 1 aliphatic heterocycles. The van der Waals surface area contributed by atoms with Gasteiger partial charge in [0.25, 0.3) is 11.8 Å². The molecule has 3 rings (SSSR count). The van der Waals surface area contributed by atoms with E-state index >= 15 is 0 Å². The van der Waals surface area contributed by atoms with E-state index in [1.54, 1.807) is 18.2 Å². The molecule has 0 saturated carbocycles. The first-order valence-corrected chi connectivity index (χ1v) is 12.0. The first-order valence-electron chi connectivity index (χ1n) is 9.98. The van der Waals surface area contributed by atoms with Crippen molar-refractivity contribution in [1.82, 2.24) is 10.4 Å². The SMILES string of the molecule is CCOc1cc(/C=C2\SC(=S)N(NC(=O)c3ccc(C)cc3)C2=O)cc(Br)c1OC(C)C. The minimum atomic E-state index is -0.404. The van der Waals surface area contributed by atoms with Gasteiger partial charge in [-0.1, -0.05) is 29.5 Å². The number of aryl methyl sites for hydroxylation is 1. The molecular formula is C23H23BrN2O4S2. The number of ether oxygens (including phenoxy) is 2. The molecule has 9 heteroatoms. The number of hydrazine groups is 1. The van der Waals surface area contributed by atoms with E-state index in [9.17, 15) is 9.59 Å². The highest BCUT2D eigenvalue weighted by atomic mass is 79.9. The Morgan fingerprint density at radius 3 is 2.59 bits per heavy atom. The van der Waals surface area contributed by atoms with E-state index in [1.807, 2.05) is 52.0 Å². The van der Waals surface area contributed by atoms with Crippen molar-refractivity contribution in [1.29, 1.82) is 0 Å². The van der Waals surface area contributed by atoms with Gasteiger partial charge in [0.2, 0.25) is 0 Å². The Labute approximate surface area is 205 Å². The Morgan fingerprint density at radius 2 is 1.97 bits per heavy atom. The summed E-state index contributed by atoms with van der Waals surface area (Å²) >= 11 is 9.97. The highest BCUT2D eigenvalue weighted by Gasteiger charge is 2.34. The molecule has 2 aromatic rings. The number of thioether (sulfide) groups is 1. The maximum Gasteiger partial charge on any atom is 0.285 e. The summed E-state index contributed by atoms with van der Waals surface area (Å²) in [6.45, 7) is 8.17. The summed E-state index contributed by atoms with van der Waals surface area (Å²) in [4.78, 5) is 25.8. The number of carbonyl (C=O) groups excluding carboxylic acids is 2. The molecule has 1 aliphatic rings. The number of nitrogens with one attached hydrogen (secondary N) is 1. The van der Waals surface area contributed by atoms with E-state index < -0.39 is 11.8 Å². The van der Waals surface area contributed by atoms with Crippen LogP contribution in [0.3, 0.4) is 0 Å². The average molecular weight is 535 g/mol. The van der Waals surface area contributed by atoms with Gasteiger partial charge in [-0.3, -0.25) is 15.0 Å². The molecule has 168 valence electrons. The molecule has 0 bridgehead atoms. The monoisotopic (exact) mass is 534 g/mol. The van der Waals surface area contributed by atoms with Crippen molar-refractivity contribution in [3.63, 3.8) is 0 Å². The van der Waals surface area contributed by atoms with Crippen molar-refractivity contribution in [3.8, 4) is 11.5 Å². The van der Waals surface area contributed by atoms with Crippen LogP contribution in [0.1, 0.15) is 42.3 Å². The Bertz CT molecular complexity index is 1080. The lowest BCUT2D eigenvalue weighted by Gasteiger charge is -2.17. The molecule has 0 radical (unpaired) electrons. The maximum absolute atomic E-state index is 12.9. The van der Waals surface area contributed by atoms with Crippen LogP contribution in [-0.4, -0.2) is 33.9 Å². The topological polar surface area (TPSA) is 67.9 Å². The second-order valence-electron chi connectivity index (χ2n) is 7.25. The standard InChI is InChI=1S/C23H23BrN2O4S2/c1-5-29-18-11-15(10-17(24)20(18)30-13(2)3)12-19-22(28)26(23(31)32-19)25-21(27)16-8-6-14(4)7-9-16/h6-13H,5H2,1-4H3,(H,25,27)/b19-12-. The van der Waals surface area contributed by atoms with Gasteiger partial charge in [0, 0.05) is 5.56 Å². The number of rotatable bonds is 7. The fourth-order valence-corrected chi connectivity index (χ4v) is 4.60. The van der Waals surface area contributed by atoms with Gasteiger partial charge in [0.15, 0.2) is 15.8 Å². The third-order valence-corrected chi connectivity index (χ3v) is 6.20. The van der Waals surface area contributed by atoms with Gasteiger partial charge < -0.3 is 9.47 Å². The molecule has 0 spiro atoms. The molecule has 0 atom stereocenters. The third kappa shape index (κ3) is 5.70. The predicted molar refractivity (Wildman–Crippen MR) is 135 cm³/mol. The molecule has 32 heavy (non-hydrogen) atoms. The van der Waals surface area contributed by atoms with Gasteiger partial charge in [0.1, 0.15) is 0 Å². The van der Waals surface area contributed by atoms with Crippen molar-refractivity contribution in [3.05, 3.63) is 62.5 Å². The summed E-state index contributed by atoms with van der Waals surface area (Å²) in [7, 11) is 0. The van der Waals surface area contributed by atoms with Gasteiger partial charge >= 0.3 is 0 Å². The van der Waals surface area contributed by atoms with Crippen LogP contribution in [0.15, 0.2) is 45.8 Å². The van der Waals surface area contributed by atoms with Crippen LogP contribution >= 0.6 is 39.9 Å². The molecule has 1 saturated heterocycles. The van der Waals surface area contributed by atoms with Crippen LogP contribution in [0.2, 0.25) is 0 Å². The summed E-state index contributed by atoms with van der Waals surface area (Å²) in [6.07, 6.45) is 1.69. The lowest BCUT2D eigenvalue weighted by atomic mass is 10.1. The number of benzene rings is 2. The van der Waals surface area contributed by atoms with Crippen LogP contribution in [0.25, 0.3) is 6.08 Å². The number of hydrogen-bond acceptors (Lipinski definition) is 6. The van der Waals surface area contributed by atoms with Crippen molar-refractivity contribution in [2.24, 2.45) is 0 Å². The summed E-state index contributed by atoms with van der Waals surface area (Å²) in [5.41, 5.74) is 4.81. The highest BCUT2D eigenvalue weighted by Crippen LogP contribution is 2.39. The van der Waals surface area contributed by atoms with Gasteiger partial charge in [-0.05, 0) is 91.7 Å². The van der Waals surface area contributed by atoms with Gasteiger partial charge in [0.05, 0.1) is 22.1 Å². The molecule has 0 aliphatic carbocycles. The molecule has 0 aromatic heterocycles. The number of halogens is 1. The summed E-state index contributed by atoms with van der Waals surface area (Å²) in [6, 6.07) is 10.7. The molecule has 2 amide bonds. The van der Waals surface area contributed by atoms with E-state index in [-0.39, 0.29) is 10.4 Å². The van der Waals surface area contributed by atoms with Crippen molar-refractivity contribution in [2.45, 2.75) is 33.8 Å². The Morgan fingerprint density at radius 1 is 1.28 bits per heavy atom. The summed E-state index contributed by atoms with van der Waals surface area (Å²) in [5.74, 6) is 0.387. The fraction of sp³-hybridized carbons (Fsp3) is 0.261. The van der Waals surface area contributed by atoms with E-state index in [2.05, 4.69) is 21.4 Å². The Balaban J connectivity index is 1.83. The smallest absolute Gasteiger partial charge is 0.285 e. The normalized spacial score (nSPS) is 14.9. The lowest BCUT2D eigenvalue weighted by molar-refractivity contribution is -0.123. The van der Waals surface area contributed by atoms with Crippen molar-refractivity contribution >= 4 is 62.1 Å². The number of nitrogens with zero attached hydrogens (tertiary/aromatic N) is 1. The van der Waals surface area contributed by atoms with Crippen LogP contribution in [-0.2, 0) is 4.79 Å². The number of hydrogen-bond donors (Lipinski definition) is 1.